The van der Waals surface area contributed by atoms with Gasteiger partial charge in [-0.2, -0.15) is 0 Å². The van der Waals surface area contributed by atoms with Crippen molar-refractivity contribution in [2.75, 3.05) is 0 Å². The molecule has 124 valence electrons. The third kappa shape index (κ3) is 2.68. The maximum Gasteiger partial charge on any atom is 0.123 e. The molecule has 4 rings (SSSR count). The van der Waals surface area contributed by atoms with Crippen LogP contribution in [-0.4, -0.2) is 10.2 Å². The van der Waals surface area contributed by atoms with Crippen LogP contribution in [0, 0.1) is 11.7 Å². The number of aliphatic hydroxyl groups excluding tert-OH is 1. The van der Waals surface area contributed by atoms with Gasteiger partial charge in [0.15, 0.2) is 0 Å². The molecule has 2 nitrogen and oxygen atoms in total. The highest BCUT2D eigenvalue weighted by atomic mass is 19.1. The first-order valence-electron chi connectivity index (χ1n) is 8.17. The molecule has 0 saturated heterocycles. The van der Waals surface area contributed by atoms with Gasteiger partial charge >= 0.3 is 0 Å². The quantitative estimate of drug-likeness (QED) is 0.773. The molecule has 0 radical (unpaired) electrons. The Balaban J connectivity index is 1.95. The second-order valence-electron chi connectivity index (χ2n) is 6.38. The number of allylic oxidation sites excluding steroid dienone is 7. The number of halogens is 1. The van der Waals surface area contributed by atoms with E-state index in [1.54, 1.807) is 30.3 Å². The highest BCUT2D eigenvalue weighted by molar-refractivity contribution is 6.09. The van der Waals surface area contributed by atoms with Crippen molar-refractivity contribution in [2.45, 2.75) is 6.92 Å². The molecule has 0 aromatic heterocycles. The standard InChI is InChI=1S/C22H17FO2/c1-13-10-18(25)11-21-19(13)12-20(14-4-8-17(24)9-5-14)22(21)15-2-6-16(23)7-3-15/h2-13,24-25H,1H3. The number of benzene rings is 2. The maximum absolute atomic E-state index is 13.4. The van der Waals surface area contributed by atoms with E-state index in [-0.39, 0.29) is 23.2 Å². The zero-order chi connectivity index (χ0) is 17.6. The van der Waals surface area contributed by atoms with Gasteiger partial charge in [-0.3, -0.25) is 0 Å². The fraction of sp³-hybridized carbons (Fsp3) is 0.0909. The van der Waals surface area contributed by atoms with Crippen LogP contribution in [0.1, 0.15) is 18.1 Å². The van der Waals surface area contributed by atoms with Crippen LogP contribution in [0.5, 0.6) is 5.75 Å². The molecule has 1 unspecified atom stereocenters. The van der Waals surface area contributed by atoms with Crippen molar-refractivity contribution in [3.8, 4) is 5.75 Å². The van der Waals surface area contributed by atoms with Gasteiger partial charge in [0, 0.05) is 5.92 Å². The van der Waals surface area contributed by atoms with Crippen LogP contribution in [0.2, 0.25) is 0 Å². The highest BCUT2D eigenvalue weighted by Crippen LogP contribution is 2.47. The molecule has 0 bridgehead atoms. The Labute approximate surface area is 145 Å². The summed E-state index contributed by atoms with van der Waals surface area (Å²) in [4.78, 5) is 0. The van der Waals surface area contributed by atoms with E-state index in [1.807, 2.05) is 25.1 Å². The molecule has 3 heteroatoms. The van der Waals surface area contributed by atoms with Gasteiger partial charge in [0.25, 0.3) is 0 Å². The second-order valence-corrected chi connectivity index (χ2v) is 6.38. The predicted molar refractivity (Wildman–Crippen MR) is 97.4 cm³/mol. The van der Waals surface area contributed by atoms with E-state index >= 15 is 0 Å². The molecular weight excluding hydrogens is 315 g/mol. The number of aliphatic hydroxyl groups is 1. The molecule has 0 heterocycles. The first-order chi connectivity index (χ1) is 12.0. The SMILES string of the molecule is CC1C=C(O)C=C2C1=CC(c1ccc(O)cc1)=C2c1ccc(F)cc1. The van der Waals surface area contributed by atoms with Gasteiger partial charge in [-0.25, -0.2) is 4.39 Å². The van der Waals surface area contributed by atoms with Crippen molar-refractivity contribution in [1.29, 1.82) is 0 Å². The summed E-state index contributed by atoms with van der Waals surface area (Å²) in [7, 11) is 0. The molecule has 0 amide bonds. The lowest BCUT2D eigenvalue weighted by Crippen LogP contribution is -2.05. The predicted octanol–water partition coefficient (Wildman–Crippen LogP) is 5.40. The van der Waals surface area contributed by atoms with Gasteiger partial charge in [-0.15, -0.1) is 0 Å². The first-order valence-corrected chi connectivity index (χ1v) is 8.17. The lowest BCUT2D eigenvalue weighted by molar-refractivity contribution is 0.424. The van der Waals surface area contributed by atoms with Gasteiger partial charge in [0.2, 0.25) is 0 Å². The molecule has 25 heavy (non-hydrogen) atoms. The number of aromatic hydroxyl groups is 1. The minimum absolute atomic E-state index is 0.0880. The average Bonchev–Trinajstić information content (AvgIpc) is 2.96. The Morgan fingerprint density at radius 2 is 1.48 bits per heavy atom. The maximum atomic E-state index is 13.4. The molecule has 1 atom stereocenters. The van der Waals surface area contributed by atoms with Crippen LogP contribution in [0.15, 0.2) is 83.7 Å². The van der Waals surface area contributed by atoms with Crippen molar-refractivity contribution >= 4 is 11.1 Å². The Hall–Kier alpha value is -3.07. The number of phenols is 1. The lowest BCUT2D eigenvalue weighted by atomic mass is 9.85. The monoisotopic (exact) mass is 332 g/mol. The molecule has 0 saturated carbocycles. The fourth-order valence-corrected chi connectivity index (χ4v) is 3.47. The van der Waals surface area contributed by atoms with Gasteiger partial charge in [0.05, 0.1) is 0 Å². The molecule has 2 aromatic rings. The number of rotatable bonds is 2. The van der Waals surface area contributed by atoms with Gasteiger partial charge < -0.3 is 10.2 Å². The highest BCUT2D eigenvalue weighted by Gasteiger charge is 2.29. The summed E-state index contributed by atoms with van der Waals surface area (Å²) in [6.07, 6.45) is 5.69. The van der Waals surface area contributed by atoms with E-state index in [4.69, 9.17) is 0 Å². The molecule has 2 aromatic carbocycles. The fourth-order valence-electron chi connectivity index (χ4n) is 3.47. The number of hydrogen-bond donors (Lipinski definition) is 2. The summed E-state index contributed by atoms with van der Waals surface area (Å²) in [6.45, 7) is 2.04. The van der Waals surface area contributed by atoms with Crippen molar-refractivity contribution in [3.63, 3.8) is 0 Å². The van der Waals surface area contributed by atoms with Crippen molar-refractivity contribution in [1.82, 2.24) is 0 Å². The summed E-state index contributed by atoms with van der Waals surface area (Å²) in [5, 5.41) is 19.6. The third-order valence-electron chi connectivity index (χ3n) is 4.66. The molecular formula is C22H17FO2. The topological polar surface area (TPSA) is 40.5 Å². The molecule has 2 N–H and O–H groups in total. The van der Waals surface area contributed by atoms with Crippen LogP contribution in [0.25, 0.3) is 11.1 Å². The summed E-state index contributed by atoms with van der Waals surface area (Å²) >= 11 is 0. The molecule has 0 aliphatic heterocycles. The molecule has 0 spiro atoms. The Kier molecular flexibility index (Phi) is 3.57. The van der Waals surface area contributed by atoms with Crippen LogP contribution < -0.4 is 0 Å². The third-order valence-corrected chi connectivity index (χ3v) is 4.66. The lowest BCUT2D eigenvalue weighted by Gasteiger charge is -2.19. The summed E-state index contributed by atoms with van der Waals surface area (Å²) in [5.41, 5.74) is 5.91. The minimum atomic E-state index is -0.282. The zero-order valence-electron chi connectivity index (χ0n) is 13.7. The summed E-state index contributed by atoms with van der Waals surface area (Å²) < 4.78 is 13.4. The van der Waals surface area contributed by atoms with Gasteiger partial charge in [-0.1, -0.05) is 31.2 Å². The van der Waals surface area contributed by atoms with Crippen LogP contribution >= 0.6 is 0 Å². The largest absolute Gasteiger partial charge is 0.508 e. The van der Waals surface area contributed by atoms with E-state index in [0.717, 1.165) is 33.4 Å². The number of phenolic OH excluding ortho intramolecular Hbond substituents is 1. The Morgan fingerprint density at radius 1 is 0.840 bits per heavy atom. The van der Waals surface area contributed by atoms with E-state index < -0.39 is 0 Å². The van der Waals surface area contributed by atoms with Crippen LogP contribution in [0.4, 0.5) is 4.39 Å². The normalized spacial score (nSPS) is 19.3. The van der Waals surface area contributed by atoms with Crippen LogP contribution in [0.3, 0.4) is 0 Å². The average molecular weight is 332 g/mol. The summed E-state index contributed by atoms with van der Waals surface area (Å²) in [6, 6.07) is 13.4. The number of hydrogen-bond acceptors (Lipinski definition) is 2. The van der Waals surface area contributed by atoms with E-state index in [9.17, 15) is 14.6 Å². The van der Waals surface area contributed by atoms with Gasteiger partial charge in [-0.05, 0) is 75.9 Å². The first kappa shape index (κ1) is 15.5. The zero-order valence-corrected chi connectivity index (χ0v) is 13.7. The van der Waals surface area contributed by atoms with Gasteiger partial charge in [0.1, 0.15) is 17.3 Å². The van der Waals surface area contributed by atoms with Crippen molar-refractivity contribution in [3.05, 3.63) is 101 Å². The van der Waals surface area contributed by atoms with E-state index in [2.05, 4.69) is 6.08 Å². The minimum Gasteiger partial charge on any atom is -0.508 e. The molecule has 2 aliphatic rings. The molecule has 2 aliphatic carbocycles. The van der Waals surface area contributed by atoms with E-state index in [0.29, 0.717) is 0 Å². The number of fused-ring (bicyclic) bond motifs is 1. The van der Waals surface area contributed by atoms with Crippen molar-refractivity contribution < 1.29 is 14.6 Å². The van der Waals surface area contributed by atoms with E-state index in [1.165, 1.54) is 12.1 Å². The van der Waals surface area contributed by atoms with Crippen LogP contribution in [-0.2, 0) is 0 Å². The molecule has 0 fully saturated rings. The van der Waals surface area contributed by atoms with Crippen molar-refractivity contribution in [2.24, 2.45) is 5.92 Å². The smallest absolute Gasteiger partial charge is 0.123 e. The Morgan fingerprint density at radius 3 is 2.16 bits per heavy atom. The second kappa shape index (κ2) is 5.78. The Bertz CT molecular complexity index is 958. The summed E-state index contributed by atoms with van der Waals surface area (Å²) in [5.74, 6) is 0.259.